The average molecular weight is 322 g/mol. The Morgan fingerprint density at radius 2 is 1.86 bits per heavy atom. The maximum atomic E-state index is 12.6. The Morgan fingerprint density at radius 3 is 2.50 bits per heavy atom. The Labute approximate surface area is 133 Å². The lowest BCUT2D eigenvalue weighted by molar-refractivity contribution is -0.124. The minimum atomic E-state index is -0.444. The molecule has 0 saturated carbocycles. The van der Waals surface area contributed by atoms with E-state index in [0.29, 0.717) is 36.9 Å². The van der Waals surface area contributed by atoms with E-state index in [2.05, 4.69) is 0 Å². The number of carbonyl (C=O) groups excluding carboxylic acids is 3. The van der Waals surface area contributed by atoms with Gasteiger partial charge in [0, 0.05) is 31.2 Å². The molecule has 3 rings (SSSR count). The van der Waals surface area contributed by atoms with Crippen LogP contribution in [0, 0.1) is 0 Å². The molecule has 2 heterocycles. The number of amides is 3. The molecule has 2 saturated heterocycles. The highest BCUT2D eigenvalue weighted by atomic mass is 35.5. The van der Waals surface area contributed by atoms with Gasteiger partial charge in [-0.2, -0.15) is 0 Å². The van der Waals surface area contributed by atoms with Crippen LogP contribution in [0.15, 0.2) is 24.3 Å². The van der Waals surface area contributed by atoms with Crippen molar-refractivity contribution in [2.24, 2.45) is 0 Å². The Bertz CT molecular complexity index is 614. The van der Waals surface area contributed by atoms with Crippen molar-refractivity contribution >= 4 is 35.5 Å². The topological polar surface area (TPSA) is 60.9 Å². The van der Waals surface area contributed by atoms with Gasteiger partial charge in [-0.3, -0.25) is 19.3 Å². The van der Waals surface area contributed by atoms with Crippen LogP contribution in [0.4, 0.5) is 5.69 Å². The molecular formula is C15H16ClN3O3. The predicted molar refractivity (Wildman–Crippen MR) is 81.6 cm³/mol. The Kier molecular flexibility index (Phi) is 4.13. The third-order valence-electron chi connectivity index (χ3n) is 4.13. The van der Waals surface area contributed by atoms with Gasteiger partial charge in [0.1, 0.15) is 0 Å². The number of rotatable bonds is 3. The number of carbonyl (C=O) groups is 3. The normalized spacial score (nSPS) is 23.2. The molecule has 3 amide bonds. The minimum Gasteiger partial charge on any atom is -0.343 e. The van der Waals surface area contributed by atoms with Gasteiger partial charge in [0.25, 0.3) is 5.91 Å². The van der Waals surface area contributed by atoms with Crippen molar-refractivity contribution in [3.05, 3.63) is 29.3 Å². The maximum absolute atomic E-state index is 12.6. The van der Waals surface area contributed by atoms with Crippen LogP contribution in [-0.4, -0.2) is 60.2 Å². The maximum Gasteiger partial charge on any atom is 0.251 e. The Hall–Kier alpha value is -1.92. The third kappa shape index (κ3) is 2.71. The molecule has 0 N–H and O–H groups in total. The summed E-state index contributed by atoms with van der Waals surface area (Å²) < 4.78 is 0. The van der Waals surface area contributed by atoms with Crippen LogP contribution in [0.1, 0.15) is 6.42 Å². The molecule has 2 aliphatic heterocycles. The number of hydrogen-bond donors (Lipinski definition) is 0. The first kappa shape index (κ1) is 15.0. The predicted octanol–water partition coefficient (Wildman–Crippen LogP) is 0.746. The summed E-state index contributed by atoms with van der Waals surface area (Å²) >= 11 is 5.94. The number of anilines is 1. The van der Waals surface area contributed by atoms with Gasteiger partial charge in [0.2, 0.25) is 12.3 Å². The molecule has 7 heteroatoms. The SMILES string of the molecule is O=CN1CCN([C@@H]2CC(=O)N(c3cccc(Cl)c3)C2=O)CC1. The van der Waals surface area contributed by atoms with Crippen molar-refractivity contribution < 1.29 is 14.4 Å². The van der Waals surface area contributed by atoms with Crippen molar-refractivity contribution in [1.29, 1.82) is 0 Å². The summed E-state index contributed by atoms with van der Waals surface area (Å²) in [5, 5.41) is 0.487. The lowest BCUT2D eigenvalue weighted by atomic mass is 10.2. The summed E-state index contributed by atoms with van der Waals surface area (Å²) in [6, 6.07) is 6.29. The average Bonchev–Trinajstić information content (AvgIpc) is 2.82. The standard InChI is InChI=1S/C15H16ClN3O3/c16-11-2-1-3-12(8-11)19-14(21)9-13(15(19)22)18-6-4-17(10-20)5-7-18/h1-3,8,10,13H,4-7,9H2/t13-/m1/s1. The van der Waals surface area contributed by atoms with Gasteiger partial charge in [-0.15, -0.1) is 0 Å². The second-order valence-corrected chi connectivity index (χ2v) is 5.88. The summed E-state index contributed by atoms with van der Waals surface area (Å²) in [5.41, 5.74) is 0.511. The minimum absolute atomic E-state index is 0.173. The fourth-order valence-electron chi connectivity index (χ4n) is 2.94. The van der Waals surface area contributed by atoms with Crippen molar-refractivity contribution in [2.75, 3.05) is 31.1 Å². The number of hydrogen-bond acceptors (Lipinski definition) is 4. The molecule has 116 valence electrons. The molecule has 22 heavy (non-hydrogen) atoms. The largest absolute Gasteiger partial charge is 0.343 e. The van der Waals surface area contributed by atoms with Crippen LogP contribution in [-0.2, 0) is 14.4 Å². The lowest BCUT2D eigenvalue weighted by Crippen LogP contribution is -2.52. The van der Waals surface area contributed by atoms with Crippen LogP contribution in [0.2, 0.25) is 5.02 Å². The summed E-state index contributed by atoms with van der Waals surface area (Å²) in [7, 11) is 0. The van der Waals surface area contributed by atoms with E-state index in [-0.39, 0.29) is 18.2 Å². The van der Waals surface area contributed by atoms with Gasteiger partial charge in [0.15, 0.2) is 0 Å². The van der Waals surface area contributed by atoms with Crippen molar-refractivity contribution in [1.82, 2.24) is 9.80 Å². The van der Waals surface area contributed by atoms with E-state index in [1.807, 2.05) is 4.90 Å². The second kappa shape index (κ2) is 6.06. The first-order valence-corrected chi connectivity index (χ1v) is 7.53. The van der Waals surface area contributed by atoms with Gasteiger partial charge < -0.3 is 4.90 Å². The van der Waals surface area contributed by atoms with Crippen molar-refractivity contribution in [2.45, 2.75) is 12.5 Å². The first-order chi connectivity index (χ1) is 10.6. The zero-order valence-electron chi connectivity index (χ0n) is 11.9. The van der Waals surface area contributed by atoms with Gasteiger partial charge in [-0.1, -0.05) is 17.7 Å². The zero-order chi connectivity index (χ0) is 15.7. The Morgan fingerprint density at radius 1 is 1.14 bits per heavy atom. The monoisotopic (exact) mass is 321 g/mol. The smallest absolute Gasteiger partial charge is 0.251 e. The van der Waals surface area contributed by atoms with E-state index in [1.165, 1.54) is 4.90 Å². The van der Waals surface area contributed by atoms with Crippen molar-refractivity contribution in [3.63, 3.8) is 0 Å². The highest BCUT2D eigenvalue weighted by Gasteiger charge is 2.43. The number of halogens is 1. The summed E-state index contributed by atoms with van der Waals surface area (Å²) in [4.78, 5) is 40.5. The second-order valence-electron chi connectivity index (χ2n) is 5.44. The molecule has 2 fully saturated rings. The molecule has 6 nitrogen and oxygen atoms in total. The molecule has 1 atom stereocenters. The molecule has 0 spiro atoms. The summed E-state index contributed by atoms with van der Waals surface area (Å²) in [5.74, 6) is -0.429. The van der Waals surface area contributed by atoms with Gasteiger partial charge >= 0.3 is 0 Å². The molecular weight excluding hydrogens is 306 g/mol. The highest BCUT2D eigenvalue weighted by Crippen LogP contribution is 2.27. The van der Waals surface area contributed by atoms with Gasteiger partial charge in [-0.05, 0) is 18.2 Å². The molecule has 2 aliphatic rings. The fraction of sp³-hybridized carbons (Fsp3) is 0.400. The summed E-state index contributed by atoms with van der Waals surface area (Å²) in [6.45, 7) is 2.37. The first-order valence-electron chi connectivity index (χ1n) is 7.16. The lowest BCUT2D eigenvalue weighted by Gasteiger charge is -2.35. The van der Waals surface area contributed by atoms with E-state index in [0.717, 1.165) is 6.41 Å². The number of imide groups is 1. The van der Waals surface area contributed by atoms with Crippen LogP contribution in [0.25, 0.3) is 0 Å². The van der Waals surface area contributed by atoms with E-state index in [9.17, 15) is 14.4 Å². The fourth-order valence-corrected chi connectivity index (χ4v) is 3.13. The number of nitrogens with zero attached hydrogens (tertiary/aromatic N) is 3. The van der Waals surface area contributed by atoms with E-state index < -0.39 is 6.04 Å². The molecule has 1 aromatic rings. The van der Waals surface area contributed by atoms with E-state index in [4.69, 9.17) is 11.6 Å². The highest BCUT2D eigenvalue weighted by molar-refractivity contribution is 6.31. The molecule has 0 aromatic heterocycles. The molecule has 0 bridgehead atoms. The van der Waals surface area contributed by atoms with Crippen LogP contribution < -0.4 is 4.90 Å². The van der Waals surface area contributed by atoms with Gasteiger partial charge in [0.05, 0.1) is 18.2 Å². The zero-order valence-corrected chi connectivity index (χ0v) is 12.7. The van der Waals surface area contributed by atoms with E-state index >= 15 is 0 Å². The van der Waals surface area contributed by atoms with Crippen molar-refractivity contribution in [3.8, 4) is 0 Å². The van der Waals surface area contributed by atoms with Crippen LogP contribution in [0.3, 0.4) is 0 Å². The molecule has 0 radical (unpaired) electrons. The van der Waals surface area contributed by atoms with Crippen LogP contribution >= 0.6 is 11.6 Å². The number of piperazine rings is 1. The summed E-state index contributed by atoms with van der Waals surface area (Å²) in [6.07, 6.45) is 0.990. The molecule has 0 aliphatic carbocycles. The van der Waals surface area contributed by atoms with E-state index in [1.54, 1.807) is 29.2 Å². The third-order valence-corrected chi connectivity index (χ3v) is 4.36. The van der Waals surface area contributed by atoms with Gasteiger partial charge in [-0.25, -0.2) is 4.90 Å². The van der Waals surface area contributed by atoms with Crippen LogP contribution in [0.5, 0.6) is 0 Å². The molecule has 0 unspecified atom stereocenters. The quantitative estimate of drug-likeness (QED) is 0.609. The Balaban J connectivity index is 1.76. The molecule has 1 aromatic carbocycles. The number of benzene rings is 1.